The van der Waals surface area contributed by atoms with Crippen LogP contribution in [0.5, 0.6) is 0 Å². The fourth-order valence-corrected chi connectivity index (χ4v) is 2.15. The third kappa shape index (κ3) is 3.60. The summed E-state index contributed by atoms with van der Waals surface area (Å²) < 4.78 is 31.3. The maximum atomic E-state index is 13.0. The minimum absolute atomic E-state index is 0.148. The molecule has 0 saturated heterocycles. The van der Waals surface area contributed by atoms with E-state index in [1.165, 1.54) is 25.3 Å². The quantitative estimate of drug-likeness (QED) is 0.735. The van der Waals surface area contributed by atoms with E-state index in [-0.39, 0.29) is 11.3 Å². The smallest absolute Gasteiger partial charge is 0.191 e. The third-order valence-corrected chi connectivity index (χ3v) is 3.69. The zero-order chi connectivity index (χ0) is 13.8. The van der Waals surface area contributed by atoms with Crippen LogP contribution in [0.3, 0.4) is 0 Å². The van der Waals surface area contributed by atoms with Crippen LogP contribution in [0, 0.1) is 17.6 Å². The van der Waals surface area contributed by atoms with Crippen molar-refractivity contribution in [1.82, 2.24) is 0 Å². The molecule has 1 fully saturated rings. The van der Waals surface area contributed by atoms with E-state index < -0.39 is 17.7 Å². The minimum atomic E-state index is -1.01. The summed E-state index contributed by atoms with van der Waals surface area (Å²) in [6.07, 6.45) is 4.12. The number of carbonyl (C=O) groups excluding carboxylic acids is 1. The molecule has 1 atom stereocenters. The average Bonchev–Trinajstić information content (AvgIpc) is 2.34. The van der Waals surface area contributed by atoms with E-state index in [0.717, 1.165) is 24.5 Å². The molecule has 0 aliphatic heterocycles. The molecule has 0 aromatic heterocycles. The lowest BCUT2D eigenvalue weighted by atomic mass is 9.83. The lowest BCUT2D eigenvalue weighted by Crippen LogP contribution is -2.23. The summed E-state index contributed by atoms with van der Waals surface area (Å²) in [6.45, 7) is 2.19. The van der Waals surface area contributed by atoms with Gasteiger partial charge in [-0.1, -0.05) is 19.3 Å². The first-order chi connectivity index (χ1) is 9.08. The van der Waals surface area contributed by atoms with Crippen molar-refractivity contribution in [3.05, 3.63) is 35.4 Å². The fraction of sp³-hybridized carbons (Fsp3) is 0.533. The predicted octanol–water partition coefficient (Wildman–Crippen LogP) is 3.74. The molecule has 1 aromatic rings. The minimum Gasteiger partial charge on any atom is -0.370 e. The molecule has 0 heterocycles. The molecule has 1 unspecified atom stereocenters. The zero-order valence-electron chi connectivity index (χ0n) is 11.0. The first kappa shape index (κ1) is 14.1. The summed E-state index contributed by atoms with van der Waals surface area (Å²) in [5.74, 6) is -1.54. The molecular formula is C15H18F2O2. The first-order valence-corrected chi connectivity index (χ1v) is 6.69. The maximum Gasteiger partial charge on any atom is 0.191 e. The number of halogens is 2. The van der Waals surface area contributed by atoms with Crippen molar-refractivity contribution in [1.29, 1.82) is 0 Å². The molecule has 0 spiro atoms. The second-order valence-electron chi connectivity index (χ2n) is 5.09. The Morgan fingerprint density at radius 2 is 2.11 bits per heavy atom. The van der Waals surface area contributed by atoms with Gasteiger partial charge in [0.15, 0.2) is 17.4 Å². The van der Waals surface area contributed by atoms with Gasteiger partial charge in [0.05, 0.1) is 0 Å². The Hall–Kier alpha value is -1.29. The molecule has 0 amide bonds. The summed E-state index contributed by atoms with van der Waals surface area (Å²) in [5.41, 5.74) is 0.148. The van der Waals surface area contributed by atoms with Crippen molar-refractivity contribution in [3.8, 4) is 0 Å². The van der Waals surface area contributed by atoms with E-state index >= 15 is 0 Å². The van der Waals surface area contributed by atoms with Gasteiger partial charge in [0, 0.05) is 12.2 Å². The van der Waals surface area contributed by atoms with E-state index in [1.54, 1.807) is 6.92 Å². The summed E-state index contributed by atoms with van der Waals surface area (Å²) in [5, 5.41) is 0. The van der Waals surface area contributed by atoms with Crippen molar-refractivity contribution in [2.75, 3.05) is 6.61 Å². The van der Waals surface area contributed by atoms with Crippen LogP contribution in [-0.2, 0) is 4.74 Å². The van der Waals surface area contributed by atoms with Crippen LogP contribution >= 0.6 is 0 Å². The topological polar surface area (TPSA) is 26.3 Å². The normalized spacial score (nSPS) is 17.0. The fourth-order valence-electron chi connectivity index (χ4n) is 2.15. The van der Waals surface area contributed by atoms with Crippen LogP contribution in [0.2, 0.25) is 0 Å². The lowest BCUT2D eigenvalue weighted by Gasteiger charge is -2.25. The SMILES string of the molecule is CC(OCCC1CCC1)C(=O)c1ccc(F)c(F)c1. The largest absolute Gasteiger partial charge is 0.370 e. The summed E-state index contributed by atoms with van der Waals surface area (Å²) in [6, 6.07) is 3.17. The Bertz CT molecular complexity index is 455. The van der Waals surface area contributed by atoms with Gasteiger partial charge in [-0.3, -0.25) is 4.79 Å². The molecule has 104 valence electrons. The van der Waals surface area contributed by atoms with Gasteiger partial charge in [0.2, 0.25) is 0 Å². The summed E-state index contributed by atoms with van der Waals surface area (Å²) >= 11 is 0. The van der Waals surface area contributed by atoms with Gasteiger partial charge in [0.1, 0.15) is 6.10 Å². The molecule has 2 rings (SSSR count). The molecule has 1 aliphatic carbocycles. The highest BCUT2D eigenvalue weighted by molar-refractivity contribution is 5.99. The van der Waals surface area contributed by atoms with Gasteiger partial charge >= 0.3 is 0 Å². The lowest BCUT2D eigenvalue weighted by molar-refractivity contribution is 0.0395. The second-order valence-corrected chi connectivity index (χ2v) is 5.09. The number of ether oxygens (including phenoxy) is 1. The molecule has 0 radical (unpaired) electrons. The zero-order valence-corrected chi connectivity index (χ0v) is 11.0. The standard InChI is InChI=1S/C15H18F2O2/c1-10(19-8-7-11-3-2-4-11)15(18)12-5-6-13(16)14(17)9-12/h5-6,9-11H,2-4,7-8H2,1H3. The van der Waals surface area contributed by atoms with Gasteiger partial charge in [-0.15, -0.1) is 0 Å². The summed E-state index contributed by atoms with van der Waals surface area (Å²) in [7, 11) is 0. The van der Waals surface area contributed by atoms with E-state index in [2.05, 4.69) is 0 Å². The Morgan fingerprint density at radius 3 is 2.68 bits per heavy atom. The van der Waals surface area contributed by atoms with E-state index in [0.29, 0.717) is 6.61 Å². The average molecular weight is 268 g/mol. The van der Waals surface area contributed by atoms with E-state index in [4.69, 9.17) is 4.74 Å². The van der Waals surface area contributed by atoms with Crippen LogP contribution in [0.15, 0.2) is 18.2 Å². The van der Waals surface area contributed by atoms with Gasteiger partial charge in [0.25, 0.3) is 0 Å². The third-order valence-electron chi connectivity index (χ3n) is 3.69. The van der Waals surface area contributed by atoms with Crippen molar-refractivity contribution < 1.29 is 18.3 Å². The number of hydrogen-bond donors (Lipinski definition) is 0. The van der Waals surface area contributed by atoms with Crippen LogP contribution in [0.25, 0.3) is 0 Å². The maximum absolute atomic E-state index is 13.0. The molecule has 1 saturated carbocycles. The van der Waals surface area contributed by atoms with Gasteiger partial charge in [-0.2, -0.15) is 0 Å². The monoisotopic (exact) mass is 268 g/mol. The molecule has 4 heteroatoms. The number of hydrogen-bond acceptors (Lipinski definition) is 2. The van der Waals surface area contributed by atoms with Gasteiger partial charge in [-0.25, -0.2) is 8.78 Å². The van der Waals surface area contributed by atoms with Crippen molar-refractivity contribution in [2.24, 2.45) is 5.92 Å². The Kier molecular flexibility index (Phi) is 4.64. The Labute approximate surface area is 111 Å². The molecule has 1 aliphatic rings. The molecule has 0 N–H and O–H groups in total. The van der Waals surface area contributed by atoms with Crippen LogP contribution in [-0.4, -0.2) is 18.5 Å². The van der Waals surface area contributed by atoms with E-state index in [9.17, 15) is 13.6 Å². The number of Topliss-reactive ketones (excluding diaryl/α,β-unsaturated/α-hetero) is 1. The van der Waals surface area contributed by atoms with E-state index in [1.807, 2.05) is 0 Å². The van der Waals surface area contributed by atoms with Crippen molar-refractivity contribution >= 4 is 5.78 Å². The second kappa shape index (κ2) is 6.24. The van der Waals surface area contributed by atoms with Crippen LogP contribution < -0.4 is 0 Å². The first-order valence-electron chi connectivity index (χ1n) is 6.69. The van der Waals surface area contributed by atoms with Crippen molar-refractivity contribution in [2.45, 2.75) is 38.7 Å². The van der Waals surface area contributed by atoms with Crippen molar-refractivity contribution in [3.63, 3.8) is 0 Å². The molecule has 2 nitrogen and oxygen atoms in total. The number of benzene rings is 1. The van der Waals surface area contributed by atoms with Gasteiger partial charge in [-0.05, 0) is 37.5 Å². The molecule has 0 bridgehead atoms. The highest BCUT2D eigenvalue weighted by Crippen LogP contribution is 2.29. The molecule has 19 heavy (non-hydrogen) atoms. The van der Waals surface area contributed by atoms with Gasteiger partial charge < -0.3 is 4.74 Å². The Morgan fingerprint density at radius 1 is 1.37 bits per heavy atom. The number of rotatable bonds is 6. The Balaban J connectivity index is 1.84. The number of ketones is 1. The number of carbonyl (C=O) groups is 1. The highest BCUT2D eigenvalue weighted by atomic mass is 19.2. The predicted molar refractivity (Wildman–Crippen MR) is 68.1 cm³/mol. The summed E-state index contributed by atoms with van der Waals surface area (Å²) in [4.78, 5) is 12.0. The highest BCUT2D eigenvalue weighted by Gasteiger charge is 2.20. The van der Waals surface area contributed by atoms with Crippen LogP contribution in [0.1, 0.15) is 43.0 Å². The van der Waals surface area contributed by atoms with Crippen LogP contribution in [0.4, 0.5) is 8.78 Å². The molecule has 1 aromatic carbocycles. The molecular weight excluding hydrogens is 250 g/mol.